The predicted octanol–water partition coefficient (Wildman–Crippen LogP) is 5.45. The number of benzene rings is 2. The number of hydrogen-bond acceptors (Lipinski definition) is 8. The summed E-state index contributed by atoms with van der Waals surface area (Å²) in [4.78, 5) is 29.5. The van der Waals surface area contributed by atoms with E-state index in [1.54, 1.807) is 47.4 Å². The Balaban J connectivity index is 1.59. The number of carboxylic acid groups (broad SMARTS) is 1. The van der Waals surface area contributed by atoms with Crippen LogP contribution >= 0.6 is 11.6 Å². The summed E-state index contributed by atoms with van der Waals surface area (Å²) in [6.07, 6.45) is 3.34. The average molecular weight is 535 g/mol. The van der Waals surface area contributed by atoms with Gasteiger partial charge in [0.15, 0.2) is 11.4 Å². The molecule has 39 heavy (non-hydrogen) atoms. The van der Waals surface area contributed by atoms with Crippen LogP contribution in [0.4, 0.5) is 5.69 Å². The number of aromatic nitrogens is 5. The molecule has 0 aliphatic carbocycles. The third-order valence-corrected chi connectivity index (χ3v) is 6.28. The number of nitrogens with zero attached hydrogens (tertiary/aromatic N) is 7. The first-order chi connectivity index (χ1) is 18.8. The highest BCUT2D eigenvalue weighted by atomic mass is 35.5. The van der Waals surface area contributed by atoms with Crippen molar-refractivity contribution in [3.63, 3.8) is 0 Å². The van der Waals surface area contributed by atoms with Gasteiger partial charge in [-0.15, -0.1) is 0 Å². The Labute approximate surface area is 227 Å². The first-order valence-electron chi connectivity index (χ1n) is 11.7. The summed E-state index contributed by atoms with van der Waals surface area (Å²) in [6, 6.07) is 17.7. The molecule has 0 radical (unpaired) electrons. The van der Waals surface area contributed by atoms with E-state index < -0.39 is 12.0 Å². The summed E-state index contributed by atoms with van der Waals surface area (Å²) in [7, 11) is 0. The maximum Gasteiger partial charge on any atom is 0.356 e. The van der Waals surface area contributed by atoms with Gasteiger partial charge in [-0.3, -0.25) is 0 Å². The minimum absolute atomic E-state index is 0.0755. The molecule has 0 aliphatic rings. The number of rotatable bonds is 6. The molecule has 1 atom stereocenters. The number of nitrogens with one attached hydrogen (secondary N) is 1. The van der Waals surface area contributed by atoms with Gasteiger partial charge in [-0.1, -0.05) is 17.7 Å². The van der Waals surface area contributed by atoms with Gasteiger partial charge in [0.2, 0.25) is 0 Å². The smallest absolute Gasteiger partial charge is 0.356 e. The molecule has 3 aromatic heterocycles. The van der Waals surface area contributed by atoms with E-state index in [9.17, 15) is 15.2 Å². The molecule has 3 heterocycles. The van der Waals surface area contributed by atoms with Crippen LogP contribution in [0.5, 0.6) is 0 Å². The highest BCUT2D eigenvalue weighted by molar-refractivity contribution is 6.29. The number of fused-ring (bicyclic) bond motifs is 1. The van der Waals surface area contributed by atoms with E-state index in [0.29, 0.717) is 33.7 Å². The fraction of sp³-hybridized carbons (Fsp3) is 0.107. The van der Waals surface area contributed by atoms with Gasteiger partial charge in [-0.05, 0) is 61.9 Å². The van der Waals surface area contributed by atoms with E-state index in [4.69, 9.17) is 21.8 Å². The van der Waals surface area contributed by atoms with Crippen molar-refractivity contribution in [2.75, 3.05) is 5.32 Å². The zero-order chi connectivity index (χ0) is 27.7. The van der Waals surface area contributed by atoms with E-state index in [-0.39, 0.29) is 16.5 Å². The molecule has 2 N–H and O–H groups in total. The normalized spacial score (nSPS) is 11.5. The fourth-order valence-electron chi connectivity index (χ4n) is 4.24. The molecule has 0 saturated heterocycles. The number of aromatic carboxylic acids is 1. The first-order valence-corrected chi connectivity index (χ1v) is 12.1. The third kappa shape index (κ3) is 4.97. The van der Waals surface area contributed by atoms with Crippen LogP contribution in [0.15, 0.2) is 61.1 Å². The summed E-state index contributed by atoms with van der Waals surface area (Å²) in [5, 5.41) is 31.8. The Morgan fingerprint density at radius 2 is 1.85 bits per heavy atom. The second kappa shape index (κ2) is 10.2. The monoisotopic (exact) mass is 534 g/mol. The molecule has 0 amide bonds. The lowest BCUT2D eigenvalue weighted by atomic mass is 10.0. The number of anilines is 1. The zero-order valence-corrected chi connectivity index (χ0v) is 21.5. The molecule has 10 nitrogen and oxygen atoms in total. The van der Waals surface area contributed by atoms with Crippen LogP contribution in [-0.4, -0.2) is 35.6 Å². The molecule has 5 rings (SSSR count). The van der Waals surface area contributed by atoms with Crippen molar-refractivity contribution in [3.05, 3.63) is 94.3 Å². The molecule has 0 spiro atoms. The topological polar surface area (TPSA) is 153 Å². The number of carbonyl (C=O) groups is 1. The Morgan fingerprint density at radius 1 is 1.08 bits per heavy atom. The quantitative estimate of drug-likeness (QED) is 0.270. The lowest BCUT2D eigenvalue weighted by molar-refractivity contribution is 0.0691. The Hall–Kier alpha value is -5.32. The van der Waals surface area contributed by atoms with Gasteiger partial charge in [0.25, 0.3) is 0 Å². The number of carboxylic acids is 1. The summed E-state index contributed by atoms with van der Waals surface area (Å²) in [5.74, 6) is -1.21. The van der Waals surface area contributed by atoms with E-state index in [2.05, 4.69) is 32.4 Å². The van der Waals surface area contributed by atoms with E-state index in [1.807, 2.05) is 26.0 Å². The second-order valence-electron chi connectivity index (χ2n) is 8.78. The standard InChI is InChI=1S/C28H19ClN8O2/c1-15-9-19(16(2)33-20-7-8-24(29)35-27(20)28(38)39)25-21(10-15)34-22(12-31)26(36-25)23-13-37(14-32-23)18-5-3-17(11-30)4-6-18/h3-10,13-14,16,33H,1-2H3,(H,38,39)/t16-/m1/s1. The van der Waals surface area contributed by atoms with Crippen LogP contribution in [-0.2, 0) is 0 Å². The maximum absolute atomic E-state index is 11.7. The van der Waals surface area contributed by atoms with Crippen molar-refractivity contribution >= 4 is 34.3 Å². The minimum Gasteiger partial charge on any atom is -0.476 e. The van der Waals surface area contributed by atoms with E-state index >= 15 is 0 Å². The van der Waals surface area contributed by atoms with Crippen LogP contribution in [0.1, 0.15) is 45.8 Å². The lowest BCUT2D eigenvalue weighted by Crippen LogP contribution is -2.13. The van der Waals surface area contributed by atoms with Crippen molar-refractivity contribution in [1.29, 1.82) is 10.5 Å². The van der Waals surface area contributed by atoms with Gasteiger partial charge in [0.1, 0.15) is 22.6 Å². The van der Waals surface area contributed by atoms with Crippen molar-refractivity contribution in [2.24, 2.45) is 0 Å². The molecular formula is C28H19ClN8O2. The molecular weight excluding hydrogens is 516 g/mol. The van der Waals surface area contributed by atoms with Crippen LogP contribution in [0, 0.1) is 29.6 Å². The molecule has 0 bridgehead atoms. The van der Waals surface area contributed by atoms with Gasteiger partial charge < -0.3 is 15.0 Å². The summed E-state index contributed by atoms with van der Waals surface area (Å²) >= 11 is 5.90. The van der Waals surface area contributed by atoms with Crippen LogP contribution < -0.4 is 5.32 Å². The molecule has 0 fully saturated rings. The lowest BCUT2D eigenvalue weighted by Gasteiger charge is -2.19. The van der Waals surface area contributed by atoms with Gasteiger partial charge in [0, 0.05) is 17.4 Å². The molecule has 11 heteroatoms. The highest BCUT2D eigenvalue weighted by Crippen LogP contribution is 2.31. The molecule has 0 unspecified atom stereocenters. The summed E-state index contributed by atoms with van der Waals surface area (Å²) < 4.78 is 1.77. The molecule has 2 aromatic carbocycles. The zero-order valence-electron chi connectivity index (χ0n) is 20.7. The largest absolute Gasteiger partial charge is 0.476 e. The maximum atomic E-state index is 11.7. The van der Waals surface area contributed by atoms with Crippen molar-refractivity contribution < 1.29 is 9.90 Å². The van der Waals surface area contributed by atoms with Gasteiger partial charge in [-0.2, -0.15) is 10.5 Å². The van der Waals surface area contributed by atoms with Crippen LogP contribution in [0.3, 0.4) is 0 Å². The van der Waals surface area contributed by atoms with Crippen LogP contribution in [0.2, 0.25) is 5.15 Å². The molecule has 190 valence electrons. The van der Waals surface area contributed by atoms with Crippen molar-refractivity contribution in [3.8, 4) is 29.2 Å². The van der Waals surface area contributed by atoms with Gasteiger partial charge in [0.05, 0.1) is 40.7 Å². The number of imidazole rings is 1. The molecule has 5 aromatic rings. The van der Waals surface area contributed by atoms with Gasteiger partial charge in [-0.25, -0.2) is 24.7 Å². The predicted molar refractivity (Wildman–Crippen MR) is 145 cm³/mol. The van der Waals surface area contributed by atoms with E-state index in [0.717, 1.165) is 16.8 Å². The Bertz CT molecular complexity index is 1830. The van der Waals surface area contributed by atoms with Crippen LogP contribution in [0.25, 0.3) is 28.1 Å². The number of aryl methyl sites for hydroxylation is 1. The van der Waals surface area contributed by atoms with Crippen molar-refractivity contribution in [1.82, 2.24) is 24.5 Å². The summed E-state index contributed by atoms with van der Waals surface area (Å²) in [5.41, 5.74) is 5.05. The average Bonchev–Trinajstić information content (AvgIpc) is 3.43. The minimum atomic E-state index is -1.21. The fourth-order valence-corrected chi connectivity index (χ4v) is 4.39. The Morgan fingerprint density at radius 3 is 2.54 bits per heavy atom. The van der Waals surface area contributed by atoms with E-state index in [1.165, 1.54) is 6.07 Å². The first kappa shape index (κ1) is 25.3. The second-order valence-corrected chi connectivity index (χ2v) is 9.17. The molecule has 0 saturated carbocycles. The number of nitriles is 2. The highest BCUT2D eigenvalue weighted by Gasteiger charge is 2.21. The number of halogens is 1. The SMILES string of the molecule is Cc1cc([C@@H](C)Nc2ccc(Cl)nc2C(=O)O)c2nc(-c3cn(-c4ccc(C#N)cc4)cn3)c(C#N)nc2c1. The number of pyridine rings is 1. The number of hydrogen-bond donors (Lipinski definition) is 2. The van der Waals surface area contributed by atoms with Crippen molar-refractivity contribution in [2.45, 2.75) is 19.9 Å². The summed E-state index contributed by atoms with van der Waals surface area (Å²) in [6.45, 7) is 3.77. The third-order valence-electron chi connectivity index (χ3n) is 6.07. The van der Waals surface area contributed by atoms with Gasteiger partial charge >= 0.3 is 5.97 Å². The molecule has 0 aliphatic heterocycles. The Kier molecular flexibility index (Phi) is 6.63.